The maximum atomic E-state index is 12.4. The molecular weight excluding hydrogens is 228 g/mol. The number of amides is 1. The highest BCUT2D eigenvalue weighted by atomic mass is 16.5. The fourth-order valence-corrected chi connectivity index (χ4v) is 2.16. The Labute approximate surface area is 108 Å². The Balaban J connectivity index is 2.27. The zero-order valence-electron chi connectivity index (χ0n) is 11.0. The van der Waals surface area contributed by atoms with Crippen LogP contribution in [0.5, 0.6) is 5.75 Å². The molecule has 4 heteroatoms. The van der Waals surface area contributed by atoms with Gasteiger partial charge in [-0.2, -0.15) is 0 Å². The van der Waals surface area contributed by atoms with Crippen LogP contribution in [-0.2, 0) is 4.79 Å². The van der Waals surface area contributed by atoms with Crippen LogP contribution in [0.25, 0.3) is 0 Å². The Bertz CT molecular complexity index is 443. The summed E-state index contributed by atoms with van der Waals surface area (Å²) in [7, 11) is 0. The monoisotopic (exact) mass is 248 g/mol. The van der Waals surface area contributed by atoms with Crippen LogP contribution in [0.15, 0.2) is 24.3 Å². The van der Waals surface area contributed by atoms with E-state index in [1.807, 2.05) is 29.2 Å². The molecular formula is C14H20N2O2. The summed E-state index contributed by atoms with van der Waals surface area (Å²) in [5.41, 5.74) is 5.56. The van der Waals surface area contributed by atoms with E-state index in [2.05, 4.69) is 0 Å². The summed E-state index contributed by atoms with van der Waals surface area (Å²) in [6.07, 6.45) is 1.83. The SMILES string of the molecule is CC1(C)Oc2ccccc2N(CCCCN)C1=O. The van der Waals surface area contributed by atoms with Crippen molar-refractivity contribution in [1.29, 1.82) is 0 Å². The second-order valence-corrected chi connectivity index (χ2v) is 5.03. The number of para-hydroxylation sites is 2. The zero-order valence-corrected chi connectivity index (χ0v) is 11.0. The van der Waals surface area contributed by atoms with Gasteiger partial charge in [0.2, 0.25) is 0 Å². The number of ether oxygens (including phenoxy) is 1. The average Bonchev–Trinajstić information content (AvgIpc) is 2.34. The summed E-state index contributed by atoms with van der Waals surface area (Å²) in [4.78, 5) is 14.2. The van der Waals surface area contributed by atoms with Gasteiger partial charge in [0.1, 0.15) is 5.75 Å². The van der Waals surface area contributed by atoms with Gasteiger partial charge in [0.05, 0.1) is 5.69 Å². The molecule has 0 fully saturated rings. The summed E-state index contributed by atoms with van der Waals surface area (Å²) >= 11 is 0. The van der Waals surface area contributed by atoms with Gasteiger partial charge in [-0.15, -0.1) is 0 Å². The molecule has 0 unspecified atom stereocenters. The molecule has 18 heavy (non-hydrogen) atoms. The number of carbonyl (C=O) groups is 1. The van der Waals surface area contributed by atoms with Crippen molar-refractivity contribution < 1.29 is 9.53 Å². The lowest BCUT2D eigenvalue weighted by Crippen LogP contribution is -2.52. The molecule has 2 N–H and O–H groups in total. The Morgan fingerprint density at radius 3 is 2.72 bits per heavy atom. The second kappa shape index (κ2) is 4.98. The summed E-state index contributed by atoms with van der Waals surface area (Å²) < 4.78 is 5.75. The minimum absolute atomic E-state index is 0.0122. The highest BCUT2D eigenvalue weighted by Crippen LogP contribution is 2.37. The van der Waals surface area contributed by atoms with Crippen molar-refractivity contribution in [2.75, 3.05) is 18.0 Å². The lowest BCUT2D eigenvalue weighted by molar-refractivity contribution is -0.132. The van der Waals surface area contributed by atoms with E-state index < -0.39 is 5.60 Å². The largest absolute Gasteiger partial charge is 0.476 e. The molecule has 0 bridgehead atoms. The minimum atomic E-state index is -0.795. The molecule has 1 aliphatic rings. The average molecular weight is 248 g/mol. The van der Waals surface area contributed by atoms with Crippen LogP contribution in [0.4, 0.5) is 5.69 Å². The van der Waals surface area contributed by atoms with Crippen LogP contribution in [0, 0.1) is 0 Å². The number of rotatable bonds is 4. The number of hydrogen-bond donors (Lipinski definition) is 1. The van der Waals surface area contributed by atoms with Crippen LogP contribution < -0.4 is 15.4 Å². The third-order valence-electron chi connectivity index (χ3n) is 3.12. The van der Waals surface area contributed by atoms with E-state index >= 15 is 0 Å². The van der Waals surface area contributed by atoms with Gasteiger partial charge < -0.3 is 15.4 Å². The molecule has 4 nitrogen and oxygen atoms in total. The van der Waals surface area contributed by atoms with Crippen molar-refractivity contribution >= 4 is 11.6 Å². The van der Waals surface area contributed by atoms with Crippen molar-refractivity contribution in [2.24, 2.45) is 5.73 Å². The molecule has 1 aliphatic heterocycles. The molecule has 1 amide bonds. The summed E-state index contributed by atoms with van der Waals surface area (Å²) in [5, 5.41) is 0. The lowest BCUT2D eigenvalue weighted by atomic mass is 10.0. The molecule has 0 spiro atoms. The van der Waals surface area contributed by atoms with Gasteiger partial charge in [-0.25, -0.2) is 0 Å². The predicted molar refractivity (Wildman–Crippen MR) is 71.8 cm³/mol. The first-order valence-corrected chi connectivity index (χ1v) is 6.36. The quantitative estimate of drug-likeness (QED) is 0.828. The summed E-state index contributed by atoms with van der Waals surface area (Å²) in [5.74, 6) is 0.785. The molecule has 2 rings (SSSR count). The van der Waals surface area contributed by atoms with Crippen LogP contribution in [0.2, 0.25) is 0 Å². The van der Waals surface area contributed by atoms with E-state index in [0.717, 1.165) is 24.3 Å². The molecule has 0 aliphatic carbocycles. The maximum absolute atomic E-state index is 12.4. The Morgan fingerprint density at radius 1 is 1.28 bits per heavy atom. The van der Waals surface area contributed by atoms with E-state index in [-0.39, 0.29) is 5.91 Å². The van der Waals surface area contributed by atoms with E-state index in [1.165, 1.54) is 0 Å². The predicted octanol–water partition coefficient (Wildman–Crippen LogP) is 1.93. The Kier molecular flexibility index (Phi) is 3.57. The molecule has 1 aromatic rings. The standard InChI is InChI=1S/C14H20N2O2/c1-14(2)13(17)16(10-6-5-9-15)11-7-3-4-8-12(11)18-14/h3-4,7-8H,5-6,9-10,15H2,1-2H3. The third kappa shape index (κ3) is 2.34. The number of hydrogen-bond acceptors (Lipinski definition) is 3. The van der Waals surface area contributed by atoms with Gasteiger partial charge in [-0.1, -0.05) is 12.1 Å². The van der Waals surface area contributed by atoms with E-state index in [1.54, 1.807) is 13.8 Å². The van der Waals surface area contributed by atoms with Gasteiger partial charge in [-0.05, 0) is 45.4 Å². The fraction of sp³-hybridized carbons (Fsp3) is 0.500. The van der Waals surface area contributed by atoms with Gasteiger partial charge in [0.15, 0.2) is 5.60 Å². The van der Waals surface area contributed by atoms with Crippen LogP contribution in [0.1, 0.15) is 26.7 Å². The van der Waals surface area contributed by atoms with Gasteiger partial charge >= 0.3 is 0 Å². The Hall–Kier alpha value is -1.55. The number of nitrogens with two attached hydrogens (primary N) is 1. The van der Waals surface area contributed by atoms with E-state index in [4.69, 9.17) is 10.5 Å². The van der Waals surface area contributed by atoms with Crippen molar-refractivity contribution in [2.45, 2.75) is 32.3 Å². The lowest BCUT2D eigenvalue weighted by Gasteiger charge is -2.38. The van der Waals surface area contributed by atoms with Gasteiger partial charge in [0.25, 0.3) is 5.91 Å². The van der Waals surface area contributed by atoms with Gasteiger partial charge in [0, 0.05) is 6.54 Å². The maximum Gasteiger partial charge on any atom is 0.270 e. The molecule has 0 saturated heterocycles. The van der Waals surface area contributed by atoms with E-state index in [0.29, 0.717) is 13.1 Å². The Morgan fingerprint density at radius 2 is 2.00 bits per heavy atom. The number of anilines is 1. The normalized spacial score (nSPS) is 17.3. The van der Waals surface area contributed by atoms with Crippen LogP contribution in [0.3, 0.4) is 0 Å². The molecule has 1 heterocycles. The molecule has 0 aromatic heterocycles. The van der Waals surface area contributed by atoms with Crippen molar-refractivity contribution in [3.05, 3.63) is 24.3 Å². The fourth-order valence-electron chi connectivity index (χ4n) is 2.16. The smallest absolute Gasteiger partial charge is 0.270 e. The number of nitrogens with zero attached hydrogens (tertiary/aromatic N) is 1. The highest BCUT2D eigenvalue weighted by molar-refractivity contribution is 6.02. The topological polar surface area (TPSA) is 55.6 Å². The molecule has 0 radical (unpaired) electrons. The van der Waals surface area contributed by atoms with Crippen LogP contribution >= 0.6 is 0 Å². The number of fused-ring (bicyclic) bond motifs is 1. The number of unbranched alkanes of at least 4 members (excludes halogenated alkanes) is 1. The molecule has 1 aromatic carbocycles. The first kappa shape index (κ1) is 12.9. The second-order valence-electron chi connectivity index (χ2n) is 5.03. The molecule has 98 valence electrons. The van der Waals surface area contributed by atoms with Crippen molar-refractivity contribution in [3.8, 4) is 5.75 Å². The molecule has 0 saturated carbocycles. The minimum Gasteiger partial charge on any atom is -0.476 e. The summed E-state index contributed by atoms with van der Waals surface area (Å²) in [6, 6.07) is 7.66. The van der Waals surface area contributed by atoms with E-state index in [9.17, 15) is 4.79 Å². The third-order valence-corrected chi connectivity index (χ3v) is 3.12. The van der Waals surface area contributed by atoms with Crippen LogP contribution in [-0.4, -0.2) is 24.6 Å². The summed E-state index contributed by atoms with van der Waals surface area (Å²) in [6.45, 7) is 4.96. The molecule has 0 atom stereocenters. The van der Waals surface area contributed by atoms with Gasteiger partial charge in [-0.3, -0.25) is 4.79 Å². The van der Waals surface area contributed by atoms with Crippen molar-refractivity contribution in [3.63, 3.8) is 0 Å². The number of carbonyl (C=O) groups excluding carboxylic acids is 1. The zero-order chi connectivity index (χ0) is 13.2. The number of benzene rings is 1. The first-order chi connectivity index (χ1) is 8.56. The highest BCUT2D eigenvalue weighted by Gasteiger charge is 2.40. The van der Waals surface area contributed by atoms with Crippen molar-refractivity contribution in [1.82, 2.24) is 0 Å². The first-order valence-electron chi connectivity index (χ1n) is 6.36.